The van der Waals surface area contributed by atoms with Crippen molar-refractivity contribution in [3.05, 3.63) is 35.8 Å². The molecule has 0 aliphatic heterocycles. The summed E-state index contributed by atoms with van der Waals surface area (Å²) in [6.07, 6.45) is 5.69. The van der Waals surface area contributed by atoms with Crippen LogP contribution in [0.2, 0.25) is 0 Å². The summed E-state index contributed by atoms with van der Waals surface area (Å²) < 4.78 is 14.9. The van der Waals surface area contributed by atoms with E-state index in [0.29, 0.717) is 16.5 Å². The zero-order chi connectivity index (χ0) is 15.0. The van der Waals surface area contributed by atoms with Gasteiger partial charge in [-0.05, 0) is 31.0 Å². The lowest BCUT2D eigenvalue weighted by atomic mass is 10.1. The van der Waals surface area contributed by atoms with Crippen LogP contribution in [0.5, 0.6) is 0 Å². The van der Waals surface area contributed by atoms with Gasteiger partial charge in [0.15, 0.2) is 0 Å². The van der Waals surface area contributed by atoms with E-state index in [-0.39, 0.29) is 17.9 Å². The van der Waals surface area contributed by atoms with E-state index < -0.39 is 5.82 Å². The second-order valence-corrected chi connectivity index (χ2v) is 5.55. The van der Waals surface area contributed by atoms with Gasteiger partial charge in [0, 0.05) is 24.5 Å². The molecule has 110 valence electrons. The minimum atomic E-state index is -0.418. The number of carbonyl (C=O) groups excluding carboxylic acids is 2. The van der Waals surface area contributed by atoms with E-state index in [1.807, 2.05) is 0 Å². The van der Waals surface area contributed by atoms with E-state index in [1.165, 1.54) is 35.9 Å². The van der Waals surface area contributed by atoms with E-state index in [0.717, 1.165) is 25.7 Å². The van der Waals surface area contributed by atoms with Crippen molar-refractivity contribution < 1.29 is 14.0 Å². The molecular weight excluding hydrogens is 271 g/mol. The Bertz CT molecular complexity index is 714. The molecule has 1 aromatic carbocycles. The van der Waals surface area contributed by atoms with Gasteiger partial charge < -0.3 is 5.32 Å². The van der Waals surface area contributed by atoms with Gasteiger partial charge >= 0.3 is 0 Å². The molecule has 4 nitrogen and oxygen atoms in total. The molecule has 0 bridgehead atoms. The Hall–Kier alpha value is -2.17. The predicted octanol–water partition coefficient (Wildman–Crippen LogP) is 3.11. The zero-order valence-corrected chi connectivity index (χ0v) is 11.9. The number of benzene rings is 1. The van der Waals surface area contributed by atoms with Gasteiger partial charge in [0.1, 0.15) is 5.82 Å². The maximum atomic E-state index is 13.5. The monoisotopic (exact) mass is 288 g/mol. The second kappa shape index (κ2) is 5.31. The van der Waals surface area contributed by atoms with Gasteiger partial charge in [-0.1, -0.05) is 12.8 Å². The number of hydrogen-bond donors (Lipinski definition) is 1. The van der Waals surface area contributed by atoms with Crippen LogP contribution in [0.3, 0.4) is 0 Å². The third-order valence-electron chi connectivity index (χ3n) is 4.04. The first-order chi connectivity index (χ1) is 10.1. The van der Waals surface area contributed by atoms with Crippen molar-refractivity contribution >= 4 is 22.7 Å². The topological polar surface area (TPSA) is 51.1 Å². The highest BCUT2D eigenvalue weighted by atomic mass is 19.1. The van der Waals surface area contributed by atoms with Crippen LogP contribution in [0, 0.1) is 5.82 Å². The second-order valence-electron chi connectivity index (χ2n) is 5.55. The molecule has 0 radical (unpaired) electrons. The summed E-state index contributed by atoms with van der Waals surface area (Å²) in [7, 11) is 0. The number of carbonyl (C=O) groups is 2. The fourth-order valence-corrected chi connectivity index (χ4v) is 2.98. The van der Waals surface area contributed by atoms with Gasteiger partial charge in [0.2, 0.25) is 5.91 Å². The van der Waals surface area contributed by atoms with Crippen molar-refractivity contribution in [2.45, 2.75) is 38.6 Å². The van der Waals surface area contributed by atoms with Crippen LogP contribution in [-0.2, 0) is 0 Å². The lowest BCUT2D eigenvalue weighted by Gasteiger charge is -2.11. The molecule has 1 aromatic heterocycles. The van der Waals surface area contributed by atoms with Crippen LogP contribution in [0.1, 0.15) is 47.8 Å². The average Bonchev–Trinajstić information content (AvgIpc) is 3.05. The van der Waals surface area contributed by atoms with E-state index in [9.17, 15) is 14.0 Å². The lowest BCUT2D eigenvalue weighted by Crippen LogP contribution is -2.32. The number of fused-ring (bicyclic) bond motifs is 1. The smallest absolute Gasteiger partial charge is 0.253 e. The standard InChI is InChI=1S/C16H17FN2O2/c1-10(20)19-9-14(13-8-11(17)6-7-15(13)19)16(21)18-12-4-2-3-5-12/h6-9,12H,2-5H2,1H3,(H,18,21). The number of halogens is 1. The lowest BCUT2D eigenvalue weighted by molar-refractivity contribution is 0.0939. The summed E-state index contributed by atoms with van der Waals surface area (Å²) in [6.45, 7) is 1.42. The molecule has 1 fully saturated rings. The largest absolute Gasteiger partial charge is 0.349 e. The number of nitrogens with zero attached hydrogens (tertiary/aromatic N) is 1. The van der Waals surface area contributed by atoms with E-state index in [1.54, 1.807) is 0 Å². The Morgan fingerprint density at radius 3 is 2.67 bits per heavy atom. The SMILES string of the molecule is CC(=O)n1cc(C(=O)NC2CCCC2)c2cc(F)ccc21. The molecule has 3 rings (SSSR count). The third kappa shape index (κ3) is 2.55. The Kier molecular flexibility index (Phi) is 3.49. The molecule has 1 amide bonds. The predicted molar refractivity (Wildman–Crippen MR) is 77.9 cm³/mol. The van der Waals surface area contributed by atoms with Gasteiger partial charge in [0.05, 0.1) is 11.1 Å². The maximum absolute atomic E-state index is 13.5. The first-order valence-corrected chi connectivity index (χ1v) is 7.18. The van der Waals surface area contributed by atoms with Crippen LogP contribution in [0.25, 0.3) is 10.9 Å². The molecule has 0 spiro atoms. The van der Waals surface area contributed by atoms with E-state index in [2.05, 4.69) is 5.32 Å². The Morgan fingerprint density at radius 1 is 1.29 bits per heavy atom. The highest BCUT2D eigenvalue weighted by Gasteiger charge is 2.22. The van der Waals surface area contributed by atoms with Crippen LogP contribution in [0.15, 0.2) is 24.4 Å². The first-order valence-electron chi connectivity index (χ1n) is 7.18. The van der Waals surface area contributed by atoms with Crippen molar-refractivity contribution in [2.24, 2.45) is 0 Å². The summed E-state index contributed by atoms with van der Waals surface area (Å²) in [5.74, 6) is -0.859. The van der Waals surface area contributed by atoms with Crippen LogP contribution in [-0.4, -0.2) is 22.4 Å². The van der Waals surface area contributed by atoms with E-state index in [4.69, 9.17) is 0 Å². The fourth-order valence-electron chi connectivity index (χ4n) is 2.98. The van der Waals surface area contributed by atoms with Gasteiger partial charge in [-0.2, -0.15) is 0 Å². The highest BCUT2D eigenvalue weighted by molar-refractivity contribution is 6.09. The van der Waals surface area contributed by atoms with Crippen LogP contribution in [0.4, 0.5) is 4.39 Å². The molecule has 2 aromatic rings. The molecule has 0 unspecified atom stereocenters. The van der Waals surface area contributed by atoms with Crippen molar-refractivity contribution in [1.29, 1.82) is 0 Å². The van der Waals surface area contributed by atoms with Gasteiger partial charge in [-0.25, -0.2) is 4.39 Å². The molecule has 5 heteroatoms. The van der Waals surface area contributed by atoms with Crippen LogP contribution >= 0.6 is 0 Å². The van der Waals surface area contributed by atoms with Crippen LogP contribution < -0.4 is 5.32 Å². The number of amides is 1. The summed E-state index contributed by atoms with van der Waals surface area (Å²) in [5.41, 5.74) is 0.909. The Labute approximate surface area is 121 Å². The molecule has 1 aliphatic carbocycles. The van der Waals surface area contributed by atoms with E-state index >= 15 is 0 Å². The van der Waals surface area contributed by atoms with Crippen molar-refractivity contribution in [3.63, 3.8) is 0 Å². The minimum absolute atomic E-state index is 0.182. The molecule has 0 saturated heterocycles. The number of nitrogens with one attached hydrogen (secondary N) is 1. The quantitative estimate of drug-likeness (QED) is 0.923. The zero-order valence-electron chi connectivity index (χ0n) is 11.9. The number of rotatable bonds is 2. The maximum Gasteiger partial charge on any atom is 0.253 e. The third-order valence-corrected chi connectivity index (χ3v) is 4.04. The van der Waals surface area contributed by atoms with Crippen molar-refractivity contribution in [1.82, 2.24) is 9.88 Å². The van der Waals surface area contributed by atoms with Gasteiger partial charge in [-0.15, -0.1) is 0 Å². The number of aromatic nitrogens is 1. The average molecular weight is 288 g/mol. The molecule has 1 aliphatic rings. The fraction of sp³-hybridized carbons (Fsp3) is 0.375. The minimum Gasteiger partial charge on any atom is -0.349 e. The summed E-state index contributed by atoms with van der Waals surface area (Å²) >= 11 is 0. The van der Waals surface area contributed by atoms with Gasteiger partial charge in [-0.3, -0.25) is 14.2 Å². The molecule has 21 heavy (non-hydrogen) atoms. The molecule has 1 saturated carbocycles. The summed E-state index contributed by atoms with van der Waals surface area (Å²) in [5, 5.41) is 3.45. The molecule has 1 heterocycles. The van der Waals surface area contributed by atoms with Gasteiger partial charge in [0.25, 0.3) is 5.91 Å². The Balaban J connectivity index is 2.02. The van der Waals surface area contributed by atoms with Crippen molar-refractivity contribution in [3.8, 4) is 0 Å². The van der Waals surface area contributed by atoms with Crippen molar-refractivity contribution in [2.75, 3.05) is 0 Å². The molecule has 1 N–H and O–H groups in total. The Morgan fingerprint density at radius 2 is 2.00 bits per heavy atom. The molecule has 0 atom stereocenters. The summed E-state index contributed by atoms with van der Waals surface area (Å²) in [6, 6.07) is 4.30. The normalized spacial score (nSPS) is 15.5. The first kappa shape index (κ1) is 13.8. The number of hydrogen-bond acceptors (Lipinski definition) is 2. The molecular formula is C16H17FN2O2. The highest BCUT2D eigenvalue weighted by Crippen LogP contribution is 2.24. The summed E-state index contributed by atoms with van der Waals surface area (Å²) in [4.78, 5) is 24.1.